The molecule has 1 fully saturated rings. The molecule has 1 N–H and O–H groups in total. The fourth-order valence-corrected chi connectivity index (χ4v) is 3.16. The molecule has 1 saturated heterocycles. The molecule has 0 bridgehead atoms. The summed E-state index contributed by atoms with van der Waals surface area (Å²) in [5, 5.41) is 3.10. The van der Waals surface area contributed by atoms with Gasteiger partial charge in [-0.2, -0.15) is 0 Å². The number of urea groups is 1. The van der Waals surface area contributed by atoms with Crippen LogP contribution in [-0.4, -0.2) is 69.4 Å². The van der Waals surface area contributed by atoms with Gasteiger partial charge in [0.05, 0.1) is 13.7 Å². The van der Waals surface area contributed by atoms with Gasteiger partial charge in [-0.15, -0.1) is 0 Å². The summed E-state index contributed by atoms with van der Waals surface area (Å²) < 4.78 is 10.4. The summed E-state index contributed by atoms with van der Waals surface area (Å²) in [6, 6.07) is 8.20. The van der Waals surface area contributed by atoms with Crippen molar-refractivity contribution in [1.82, 2.24) is 15.1 Å². The van der Waals surface area contributed by atoms with Crippen LogP contribution in [0.15, 0.2) is 24.3 Å². The molecule has 140 valence electrons. The van der Waals surface area contributed by atoms with E-state index in [0.717, 1.165) is 24.3 Å². The second-order valence-corrected chi connectivity index (χ2v) is 6.58. The average Bonchev–Trinajstić information content (AvgIpc) is 2.64. The molecule has 6 nitrogen and oxygen atoms in total. The van der Waals surface area contributed by atoms with E-state index in [4.69, 9.17) is 9.47 Å². The van der Waals surface area contributed by atoms with E-state index in [0.29, 0.717) is 32.3 Å². The van der Waals surface area contributed by atoms with Crippen molar-refractivity contribution >= 4 is 6.03 Å². The predicted octanol–water partition coefficient (Wildman–Crippen LogP) is 2.34. The van der Waals surface area contributed by atoms with Gasteiger partial charge in [-0.3, -0.25) is 0 Å². The van der Waals surface area contributed by atoms with Gasteiger partial charge in [0.1, 0.15) is 5.75 Å². The van der Waals surface area contributed by atoms with Gasteiger partial charge in [0.25, 0.3) is 0 Å². The van der Waals surface area contributed by atoms with Crippen molar-refractivity contribution in [1.29, 1.82) is 0 Å². The topological polar surface area (TPSA) is 54.0 Å². The number of hydrogen-bond donors (Lipinski definition) is 1. The van der Waals surface area contributed by atoms with Crippen molar-refractivity contribution in [3.8, 4) is 5.75 Å². The number of nitrogens with zero attached hydrogens (tertiary/aromatic N) is 2. The molecular formula is C19H31N3O3. The second-order valence-electron chi connectivity index (χ2n) is 6.58. The lowest BCUT2D eigenvalue weighted by Gasteiger charge is -2.33. The fourth-order valence-electron chi connectivity index (χ4n) is 3.16. The van der Waals surface area contributed by atoms with Crippen molar-refractivity contribution in [3.05, 3.63) is 29.8 Å². The lowest BCUT2D eigenvalue weighted by Crippen LogP contribution is -2.48. The summed E-state index contributed by atoms with van der Waals surface area (Å²) in [6.07, 6.45) is 3.63. The van der Waals surface area contributed by atoms with Crippen LogP contribution < -0.4 is 10.1 Å². The maximum absolute atomic E-state index is 12.7. The third-order valence-corrected chi connectivity index (χ3v) is 4.77. The third-order valence-electron chi connectivity index (χ3n) is 4.77. The first-order chi connectivity index (χ1) is 12.1. The van der Waals surface area contributed by atoms with Crippen LogP contribution >= 0.6 is 0 Å². The molecule has 1 heterocycles. The molecule has 0 saturated carbocycles. The van der Waals surface area contributed by atoms with Gasteiger partial charge >= 0.3 is 6.03 Å². The Hall–Kier alpha value is -1.79. The van der Waals surface area contributed by atoms with Crippen LogP contribution in [0.25, 0.3) is 0 Å². The molecule has 0 aliphatic carbocycles. The van der Waals surface area contributed by atoms with Crippen molar-refractivity contribution in [2.24, 2.45) is 0 Å². The van der Waals surface area contributed by atoms with Gasteiger partial charge in [-0.25, -0.2) is 4.79 Å². The summed E-state index contributed by atoms with van der Waals surface area (Å²) in [5.41, 5.74) is 1.04. The number of likely N-dealkylation sites (tertiary alicyclic amines) is 1. The zero-order valence-corrected chi connectivity index (χ0v) is 15.7. The Morgan fingerprint density at radius 3 is 2.92 bits per heavy atom. The van der Waals surface area contributed by atoms with E-state index >= 15 is 0 Å². The first kappa shape index (κ1) is 19.5. The third kappa shape index (κ3) is 6.21. The van der Waals surface area contributed by atoms with Gasteiger partial charge in [0.15, 0.2) is 0 Å². The van der Waals surface area contributed by atoms with Gasteiger partial charge in [-0.1, -0.05) is 18.6 Å². The monoisotopic (exact) mass is 349 g/mol. The molecule has 25 heavy (non-hydrogen) atoms. The Morgan fingerprint density at radius 2 is 2.20 bits per heavy atom. The van der Waals surface area contributed by atoms with Crippen LogP contribution in [0.1, 0.15) is 24.8 Å². The Morgan fingerprint density at radius 1 is 1.36 bits per heavy atom. The van der Waals surface area contributed by atoms with E-state index in [1.807, 2.05) is 24.3 Å². The largest absolute Gasteiger partial charge is 0.497 e. The predicted molar refractivity (Wildman–Crippen MR) is 98.9 cm³/mol. The molecule has 2 rings (SSSR count). The number of likely N-dealkylation sites (N-methyl/N-ethyl adjacent to an activating group) is 1. The summed E-state index contributed by atoms with van der Waals surface area (Å²) in [7, 11) is 5.43. The second kappa shape index (κ2) is 10.3. The number of nitrogens with one attached hydrogen (secondary N) is 1. The van der Waals surface area contributed by atoms with Crippen LogP contribution in [0.3, 0.4) is 0 Å². The average molecular weight is 349 g/mol. The van der Waals surface area contributed by atoms with Crippen molar-refractivity contribution < 1.29 is 14.3 Å². The quantitative estimate of drug-likeness (QED) is 0.783. The highest BCUT2D eigenvalue weighted by Crippen LogP contribution is 2.16. The highest BCUT2D eigenvalue weighted by Gasteiger charge is 2.21. The van der Waals surface area contributed by atoms with E-state index in [-0.39, 0.29) is 6.03 Å². The van der Waals surface area contributed by atoms with Crippen molar-refractivity contribution in [3.63, 3.8) is 0 Å². The number of carbonyl (C=O) groups excluding carboxylic acids is 1. The molecule has 1 aliphatic heterocycles. The first-order valence-corrected chi connectivity index (χ1v) is 8.99. The molecule has 2 amide bonds. The minimum absolute atomic E-state index is 0.0427. The van der Waals surface area contributed by atoms with Gasteiger partial charge < -0.3 is 24.6 Å². The molecule has 1 aromatic carbocycles. The summed E-state index contributed by atoms with van der Waals surface area (Å²) in [6.45, 7) is 3.41. The van der Waals surface area contributed by atoms with Gasteiger partial charge in [0, 0.05) is 32.8 Å². The zero-order chi connectivity index (χ0) is 18.1. The van der Waals surface area contributed by atoms with Gasteiger partial charge in [0.2, 0.25) is 0 Å². The number of carbonyl (C=O) groups is 1. The molecule has 1 aromatic rings. The van der Waals surface area contributed by atoms with E-state index < -0.39 is 0 Å². The van der Waals surface area contributed by atoms with E-state index in [1.165, 1.54) is 12.8 Å². The molecule has 0 aromatic heterocycles. The van der Waals surface area contributed by atoms with Crippen molar-refractivity contribution in [2.45, 2.75) is 31.8 Å². The smallest absolute Gasteiger partial charge is 0.317 e. The molecule has 1 atom stereocenters. The summed E-state index contributed by atoms with van der Waals surface area (Å²) in [4.78, 5) is 16.8. The van der Waals surface area contributed by atoms with Gasteiger partial charge in [-0.05, 0) is 44.1 Å². The van der Waals surface area contributed by atoms with Crippen LogP contribution in [0.4, 0.5) is 4.79 Å². The molecule has 1 aliphatic rings. The van der Waals surface area contributed by atoms with Crippen LogP contribution in [0, 0.1) is 0 Å². The fraction of sp³-hybridized carbons (Fsp3) is 0.632. The van der Waals surface area contributed by atoms with E-state index in [9.17, 15) is 4.79 Å². The van der Waals surface area contributed by atoms with Crippen LogP contribution in [0.2, 0.25) is 0 Å². The molecule has 6 heteroatoms. The van der Waals surface area contributed by atoms with Crippen LogP contribution in [0.5, 0.6) is 5.75 Å². The van der Waals surface area contributed by atoms with E-state index in [1.54, 1.807) is 19.1 Å². The Balaban J connectivity index is 1.93. The Labute approximate surface area is 151 Å². The van der Waals surface area contributed by atoms with Crippen LogP contribution in [-0.2, 0) is 11.3 Å². The van der Waals surface area contributed by atoms with Crippen molar-refractivity contribution in [2.75, 3.05) is 47.5 Å². The number of rotatable bonds is 8. The normalized spacial score (nSPS) is 18.0. The minimum atomic E-state index is -0.0427. The molecule has 1 unspecified atom stereocenters. The zero-order valence-electron chi connectivity index (χ0n) is 15.7. The molecule has 0 radical (unpaired) electrons. The lowest BCUT2D eigenvalue weighted by atomic mass is 10.0. The lowest BCUT2D eigenvalue weighted by molar-refractivity contribution is 0.140. The number of ether oxygens (including phenoxy) is 2. The number of benzene rings is 1. The highest BCUT2D eigenvalue weighted by atomic mass is 16.5. The molecular weight excluding hydrogens is 318 g/mol. The maximum atomic E-state index is 12.7. The standard InChI is InChI=1S/C19H31N3O3/c1-21-10-5-4-8-17(21)14-20-19(23)22(11-12-24-2)15-16-7-6-9-18(13-16)25-3/h6-7,9,13,17H,4-5,8,10-12,14-15H2,1-3H3,(H,20,23). The minimum Gasteiger partial charge on any atom is -0.497 e. The summed E-state index contributed by atoms with van der Waals surface area (Å²) >= 11 is 0. The highest BCUT2D eigenvalue weighted by molar-refractivity contribution is 5.74. The number of amides is 2. The summed E-state index contributed by atoms with van der Waals surface area (Å²) in [5.74, 6) is 0.799. The Bertz CT molecular complexity index is 538. The Kier molecular flexibility index (Phi) is 8.01. The number of methoxy groups -OCH3 is 2. The molecule has 0 spiro atoms. The SMILES string of the molecule is COCCN(Cc1cccc(OC)c1)C(=O)NCC1CCCCN1C. The maximum Gasteiger partial charge on any atom is 0.317 e. The first-order valence-electron chi connectivity index (χ1n) is 8.99. The number of hydrogen-bond acceptors (Lipinski definition) is 4. The number of piperidine rings is 1. The van der Waals surface area contributed by atoms with E-state index in [2.05, 4.69) is 17.3 Å².